The third kappa shape index (κ3) is 5.70. The van der Waals surface area contributed by atoms with Crippen molar-refractivity contribution in [3.05, 3.63) is 59.9 Å². The number of ether oxygens (including phenoxy) is 1. The van der Waals surface area contributed by atoms with Gasteiger partial charge in [0.2, 0.25) is 11.1 Å². The second-order valence-electron chi connectivity index (χ2n) is 5.86. The van der Waals surface area contributed by atoms with E-state index in [1.54, 1.807) is 24.3 Å². The maximum atomic E-state index is 12.9. The predicted octanol–water partition coefficient (Wildman–Crippen LogP) is 2.71. The van der Waals surface area contributed by atoms with Crippen LogP contribution in [0, 0.1) is 5.82 Å². The highest BCUT2D eigenvalue weighted by Crippen LogP contribution is 2.24. The Kier molecular flexibility index (Phi) is 7.22. The van der Waals surface area contributed by atoms with Gasteiger partial charge in [0.05, 0.1) is 24.3 Å². The predicted molar refractivity (Wildman–Crippen MR) is 115 cm³/mol. The number of para-hydroxylation sites is 2. The Morgan fingerprint density at radius 2 is 2.03 bits per heavy atom. The molecule has 0 bridgehead atoms. The van der Waals surface area contributed by atoms with Crippen molar-refractivity contribution < 1.29 is 13.9 Å². The third-order valence-corrected chi connectivity index (χ3v) is 4.65. The standard InChI is InChI=1S/C19H20FN7O2S/c1-2-29-16-6-4-3-5-15(16)23-17(28)12-30-19-26-25-18(27(19)21)24-22-11-13-7-9-14(20)10-8-13/h3-11H,2,12,21H2,1H3,(H,23,28)(H,24,25)/b22-11+. The molecule has 156 valence electrons. The molecule has 0 aliphatic heterocycles. The fraction of sp³-hybridized carbons (Fsp3) is 0.158. The van der Waals surface area contributed by atoms with Crippen molar-refractivity contribution in [1.82, 2.24) is 14.9 Å². The van der Waals surface area contributed by atoms with Gasteiger partial charge in [0.15, 0.2) is 0 Å². The summed E-state index contributed by atoms with van der Waals surface area (Å²) in [5.74, 6) is 6.25. The van der Waals surface area contributed by atoms with Crippen molar-refractivity contribution in [2.45, 2.75) is 12.1 Å². The van der Waals surface area contributed by atoms with Gasteiger partial charge in [-0.1, -0.05) is 36.0 Å². The second kappa shape index (κ2) is 10.3. The van der Waals surface area contributed by atoms with Crippen LogP contribution in [-0.4, -0.2) is 39.4 Å². The van der Waals surface area contributed by atoms with Crippen LogP contribution in [0.2, 0.25) is 0 Å². The number of hydrazone groups is 1. The first-order chi connectivity index (χ1) is 14.6. The van der Waals surface area contributed by atoms with Gasteiger partial charge in [-0.15, -0.1) is 10.2 Å². The number of nitrogens with zero attached hydrogens (tertiary/aromatic N) is 4. The quantitative estimate of drug-likeness (QED) is 0.207. The average molecular weight is 429 g/mol. The van der Waals surface area contributed by atoms with Crippen molar-refractivity contribution in [3.8, 4) is 5.75 Å². The van der Waals surface area contributed by atoms with E-state index < -0.39 is 0 Å². The lowest BCUT2D eigenvalue weighted by molar-refractivity contribution is -0.113. The monoisotopic (exact) mass is 429 g/mol. The van der Waals surface area contributed by atoms with E-state index in [-0.39, 0.29) is 23.4 Å². The number of rotatable bonds is 9. The number of benzene rings is 2. The van der Waals surface area contributed by atoms with Gasteiger partial charge in [0.25, 0.3) is 5.95 Å². The first-order valence-corrected chi connectivity index (χ1v) is 9.95. The van der Waals surface area contributed by atoms with E-state index in [4.69, 9.17) is 10.6 Å². The van der Waals surface area contributed by atoms with Crippen LogP contribution in [0.3, 0.4) is 0 Å². The number of nitrogens with two attached hydrogens (primary N) is 1. The Morgan fingerprint density at radius 3 is 2.80 bits per heavy atom. The number of hydrogen-bond donors (Lipinski definition) is 3. The van der Waals surface area contributed by atoms with Crippen molar-refractivity contribution >= 4 is 35.5 Å². The lowest BCUT2D eigenvalue weighted by Gasteiger charge is -2.10. The Labute approximate surface area is 176 Å². The molecule has 0 aliphatic carbocycles. The number of nitrogen functional groups attached to an aromatic ring is 1. The Bertz CT molecular complexity index is 1020. The number of carbonyl (C=O) groups is 1. The molecule has 1 aromatic heterocycles. The lowest BCUT2D eigenvalue weighted by Crippen LogP contribution is -2.17. The van der Waals surface area contributed by atoms with Gasteiger partial charge in [-0.25, -0.2) is 14.5 Å². The van der Waals surface area contributed by atoms with Crippen LogP contribution in [-0.2, 0) is 4.79 Å². The molecule has 4 N–H and O–H groups in total. The number of anilines is 2. The number of thioether (sulfide) groups is 1. The van der Waals surface area contributed by atoms with Crippen LogP contribution in [0.5, 0.6) is 5.75 Å². The summed E-state index contributed by atoms with van der Waals surface area (Å²) >= 11 is 1.12. The van der Waals surface area contributed by atoms with E-state index in [9.17, 15) is 9.18 Å². The minimum Gasteiger partial charge on any atom is -0.492 e. The SMILES string of the molecule is CCOc1ccccc1NC(=O)CSc1nnc(N/N=C/c2ccc(F)cc2)n1N. The molecule has 3 rings (SSSR count). The molecular formula is C19H20FN7O2S. The summed E-state index contributed by atoms with van der Waals surface area (Å²) in [6, 6.07) is 13.0. The van der Waals surface area contributed by atoms with Crippen LogP contribution >= 0.6 is 11.8 Å². The van der Waals surface area contributed by atoms with Gasteiger partial charge in [0, 0.05) is 0 Å². The summed E-state index contributed by atoms with van der Waals surface area (Å²) in [5, 5.41) is 15.0. The molecule has 0 aliphatic rings. The summed E-state index contributed by atoms with van der Waals surface area (Å²) in [6.07, 6.45) is 1.49. The molecule has 2 aromatic carbocycles. The highest BCUT2D eigenvalue weighted by Gasteiger charge is 2.13. The lowest BCUT2D eigenvalue weighted by atomic mass is 10.2. The van der Waals surface area contributed by atoms with Crippen LogP contribution in [0.4, 0.5) is 16.0 Å². The fourth-order valence-electron chi connectivity index (χ4n) is 2.33. The van der Waals surface area contributed by atoms with E-state index in [1.807, 2.05) is 19.1 Å². The molecule has 0 unspecified atom stereocenters. The molecule has 0 spiro atoms. The zero-order valence-electron chi connectivity index (χ0n) is 16.1. The normalized spacial score (nSPS) is 10.9. The van der Waals surface area contributed by atoms with Crippen LogP contribution in [0.25, 0.3) is 0 Å². The zero-order valence-corrected chi connectivity index (χ0v) is 16.9. The number of hydrogen-bond acceptors (Lipinski definition) is 8. The molecular weight excluding hydrogens is 409 g/mol. The molecule has 0 saturated heterocycles. The van der Waals surface area contributed by atoms with Gasteiger partial charge >= 0.3 is 0 Å². The van der Waals surface area contributed by atoms with Gasteiger partial charge in [0.1, 0.15) is 11.6 Å². The van der Waals surface area contributed by atoms with Gasteiger partial charge in [-0.2, -0.15) is 5.10 Å². The van der Waals surface area contributed by atoms with Gasteiger partial charge in [-0.05, 0) is 36.8 Å². The molecule has 3 aromatic rings. The van der Waals surface area contributed by atoms with Crippen molar-refractivity contribution in [2.75, 3.05) is 28.9 Å². The molecule has 1 amide bonds. The Balaban J connectivity index is 1.53. The summed E-state index contributed by atoms with van der Waals surface area (Å²) < 4.78 is 19.6. The summed E-state index contributed by atoms with van der Waals surface area (Å²) in [7, 11) is 0. The molecule has 30 heavy (non-hydrogen) atoms. The second-order valence-corrected chi connectivity index (χ2v) is 6.81. The van der Waals surface area contributed by atoms with Crippen molar-refractivity contribution in [3.63, 3.8) is 0 Å². The molecule has 11 heteroatoms. The summed E-state index contributed by atoms with van der Waals surface area (Å²) in [4.78, 5) is 12.3. The van der Waals surface area contributed by atoms with E-state index in [0.717, 1.165) is 11.8 Å². The topological polar surface area (TPSA) is 119 Å². The minimum atomic E-state index is -0.325. The molecule has 0 atom stereocenters. The van der Waals surface area contributed by atoms with Gasteiger partial charge in [-0.3, -0.25) is 4.79 Å². The van der Waals surface area contributed by atoms with E-state index in [0.29, 0.717) is 28.8 Å². The fourth-order valence-corrected chi connectivity index (χ4v) is 2.99. The first-order valence-electron chi connectivity index (χ1n) is 8.96. The number of nitrogens with one attached hydrogen (secondary N) is 2. The third-order valence-electron chi connectivity index (χ3n) is 3.71. The van der Waals surface area contributed by atoms with Gasteiger partial charge < -0.3 is 15.9 Å². The summed E-state index contributed by atoms with van der Waals surface area (Å²) in [6.45, 7) is 2.37. The smallest absolute Gasteiger partial charge is 0.264 e. The van der Waals surface area contributed by atoms with Crippen LogP contribution < -0.4 is 21.3 Å². The number of halogens is 1. The molecule has 0 radical (unpaired) electrons. The summed E-state index contributed by atoms with van der Waals surface area (Å²) in [5.41, 5.74) is 3.95. The highest BCUT2D eigenvalue weighted by atomic mass is 32.2. The van der Waals surface area contributed by atoms with Crippen LogP contribution in [0.1, 0.15) is 12.5 Å². The van der Waals surface area contributed by atoms with Crippen molar-refractivity contribution in [1.29, 1.82) is 0 Å². The molecule has 1 heterocycles. The largest absolute Gasteiger partial charge is 0.492 e. The molecule has 0 saturated carbocycles. The number of carbonyl (C=O) groups excluding carboxylic acids is 1. The maximum Gasteiger partial charge on any atom is 0.264 e. The number of amides is 1. The van der Waals surface area contributed by atoms with Crippen LogP contribution in [0.15, 0.2) is 58.8 Å². The van der Waals surface area contributed by atoms with E-state index in [1.165, 1.54) is 23.0 Å². The van der Waals surface area contributed by atoms with E-state index >= 15 is 0 Å². The highest BCUT2D eigenvalue weighted by molar-refractivity contribution is 7.99. The van der Waals surface area contributed by atoms with E-state index in [2.05, 4.69) is 26.0 Å². The molecule has 9 nitrogen and oxygen atoms in total. The maximum absolute atomic E-state index is 12.9. The zero-order chi connectivity index (χ0) is 21.3. The first kappa shape index (κ1) is 21.1. The average Bonchev–Trinajstić information content (AvgIpc) is 3.09. The number of aromatic nitrogens is 3. The Morgan fingerprint density at radius 1 is 1.27 bits per heavy atom. The molecule has 0 fully saturated rings. The van der Waals surface area contributed by atoms with Crippen molar-refractivity contribution in [2.24, 2.45) is 5.10 Å². The minimum absolute atomic E-state index is 0.0780. The Hall–Kier alpha value is -3.60.